The number of likely N-dealkylation sites (N-methyl/N-ethyl adjacent to an activating group) is 1. The Morgan fingerprint density at radius 3 is 2.94 bits per heavy atom. The highest BCUT2D eigenvalue weighted by atomic mass is 16.3. The van der Waals surface area contributed by atoms with E-state index in [0.29, 0.717) is 6.54 Å². The van der Waals surface area contributed by atoms with E-state index in [0.717, 1.165) is 25.3 Å². The number of furan rings is 1. The van der Waals surface area contributed by atoms with Crippen molar-refractivity contribution in [2.75, 3.05) is 27.2 Å². The van der Waals surface area contributed by atoms with Gasteiger partial charge in [-0.1, -0.05) is 0 Å². The van der Waals surface area contributed by atoms with Crippen molar-refractivity contribution >= 4 is 5.91 Å². The Labute approximate surface area is 109 Å². The Kier molecular flexibility index (Phi) is 6.46. The molecular formula is C13H23N3O2. The van der Waals surface area contributed by atoms with Crippen LogP contribution in [0.3, 0.4) is 0 Å². The average molecular weight is 253 g/mol. The minimum Gasteiger partial charge on any atom is -0.467 e. The Morgan fingerprint density at radius 1 is 1.56 bits per heavy atom. The average Bonchev–Trinajstić information content (AvgIpc) is 2.88. The highest BCUT2D eigenvalue weighted by molar-refractivity contribution is 5.81. The van der Waals surface area contributed by atoms with Gasteiger partial charge in [0.1, 0.15) is 5.76 Å². The number of hydrogen-bond acceptors (Lipinski definition) is 4. The van der Waals surface area contributed by atoms with Crippen LogP contribution in [0.1, 0.15) is 19.1 Å². The van der Waals surface area contributed by atoms with Crippen LogP contribution in [0.15, 0.2) is 22.8 Å². The van der Waals surface area contributed by atoms with Gasteiger partial charge in [0.25, 0.3) is 0 Å². The number of rotatable bonds is 8. The lowest BCUT2D eigenvalue weighted by Crippen LogP contribution is -2.43. The number of nitrogens with zero attached hydrogens (tertiary/aromatic N) is 1. The zero-order valence-corrected chi connectivity index (χ0v) is 11.4. The van der Waals surface area contributed by atoms with Crippen LogP contribution in [0, 0.1) is 0 Å². The first kappa shape index (κ1) is 14.7. The van der Waals surface area contributed by atoms with Gasteiger partial charge in [-0.25, -0.2) is 0 Å². The van der Waals surface area contributed by atoms with Crippen molar-refractivity contribution < 1.29 is 9.21 Å². The van der Waals surface area contributed by atoms with Crippen LogP contribution < -0.4 is 10.6 Å². The molecule has 0 aliphatic carbocycles. The smallest absolute Gasteiger partial charge is 0.237 e. The van der Waals surface area contributed by atoms with Gasteiger partial charge in [0.05, 0.1) is 18.8 Å². The number of nitrogens with one attached hydrogen (secondary N) is 2. The standard InChI is InChI=1S/C13H23N3O2/c1-11(16(3)8-5-7-14-2)13(17)15-10-12-6-4-9-18-12/h4,6,9,11,14H,5,7-8,10H2,1-3H3,(H,15,17). The van der Waals surface area contributed by atoms with E-state index in [2.05, 4.69) is 15.5 Å². The summed E-state index contributed by atoms with van der Waals surface area (Å²) in [5, 5.41) is 5.96. The maximum absolute atomic E-state index is 11.9. The minimum absolute atomic E-state index is 0.0263. The van der Waals surface area contributed by atoms with E-state index in [1.54, 1.807) is 6.26 Å². The van der Waals surface area contributed by atoms with E-state index in [-0.39, 0.29) is 11.9 Å². The third-order valence-electron chi connectivity index (χ3n) is 3.00. The van der Waals surface area contributed by atoms with Gasteiger partial charge in [-0.2, -0.15) is 0 Å². The zero-order valence-electron chi connectivity index (χ0n) is 11.4. The Hall–Kier alpha value is -1.33. The van der Waals surface area contributed by atoms with Gasteiger partial charge in [0.2, 0.25) is 5.91 Å². The maximum atomic E-state index is 11.9. The van der Waals surface area contributed by atoms with Crippen molar-refractivity contribution in [3.05, 3.63) is 24.2 Å². The van der Waals surface area contributed by atoms with Crippen LogP contribution in [-0.4, -0.2) is 44.0 Å². The van der Waals surface area contributed by atoms with Crippen LogP contribution in [0.5, 0.6) is 0 Å². The highest BCUT2D eigenvalue weighted by Gasteiger charge is 2.17. The summed E-state index contributed by atoms with van der Waals surface area (Å²) in [6.45, 7) is 4.22. The normalized spacial score (nSPS) is 12.7. The molecule has 5 nitrogen and oxygen atoms in total. The van der Waals surface area contributed by atoms with Gasteiger partial charge in [0.15, 0.2) is 0 Å². The lowest BCUT2D eigenvalue weighted by atomic mass is 10.2. The summed E-state index contributed by atoms with van der Waals surface area (Å²) < 4.78 is 5.17. The van der Waals surface area contributed by atoms with Crippen LogP contribution in [0.25, 0.3) is 0 Å². The maximum Gasteiger partial charge on any atom is 0.237 e. The predicted molar refractivity (Wildman–Crippen MR) is 71.2 cm³/mol. The number of hydrogen-bond donors (Lipinski definition) is 2. The van der Waals surface area contributed by atoms with Crippen molar-refractivity contribution in [3.8, 4) is 0 Å². The first-order valence-electron chi connectivity index (χ1n) is 6.30. The van der Waals surface area contributed by atoms with Gasteiger partial charge >= 0.3 is 0 Å². The number of carbonyl (C=O) groups is 1. The fourth-order valence-corrected chi connectivity index (χ4v) is 1.63. The van der Waals surface area contributed by atoms with Crippen molar-refractivity contribution in [1.82, 2.24) is 15.5 Å². The molecule has 0 spiro atoms. The molecule has 0 bridgehead atoms. The molecule has 1 aromatic heterocycles. The minimum atomic E-state index is -0.128. The molecule has 18 heavy (non-hydrogen) atoms. The molecule has 0 fully saturated rings. The molecule has 0 aromatic carbocycles. The van der Waals surface area contributed by atoms with Crippen LogP contribution in [0.4, 0.5) is 0 Å². The molecule has 1 aromatic rings. The summed E-state index contributed by atoms with van der Waals surface area (Å²) in [4.78, 5) is 14.0. The summed E-state index contributed by atoms with van der Waals surface area (Å²) in [6.07, 6.45) is 2.64. The second kappa shape index (κ2) is 7.89. The Balaban J connectivity index is 2.27. The third-order valence-corrected chi connectivity index (χ3v) is 3.00. The van der Waals surface area contributed by atoms with Gasteiger partial charge in [-0.3, -0.25) is 9.69 Å². The summed E-state index contributed by atoms with van der Waals surface area (Å²) >= 11 is 0. The topological polar surface area (TPSA) is 57.5 Å². The van der Waals surface area contributed by atoms with E-state index in [4.69, 9.17) is 4.42 Å². The van der Waals surface area contributed by atoms with Crippen molar-refractivity contribution in [2.45, 2.75) is 25.9 Å². The van der Waals surface area contributed by atoms with Crippen molar-refractivity contribution in [2.24, 2.45) is 0 Å². The predicted octanol–water partition coefficient (Wildman–Crippen LogP) is 0.826. The van der Waals surface area contributed by atoms with Gasteiger partial charge < -0.3 is 15.1 Å². The monoisotopic (exact) mass is 253 g/mol. The molecule has 0 saturated carbocycles. The van der Waals surface area contributed by atoms with Gasteiger partial charge in [0, 0.05) is 0 Å². The summed E-state index contributed by atoms with van der Waals surface area (Å²) in [5.74, 6) is 0.798. The van der Waals surface area contributed by atoms with Crippen LogP contribution >= 0.6 is 0 Å². The SMILES string of the molecule is CNCCCN(C)C(C)C(=O)NCc1ccco1. The van der Waals surface area contributed by atoms with E-state index in [1.807, 2.05) is 33.2 Å². The molecule has 1 unspecified atom stereocenters. The Bertz CT molecular complexity index is 338. The Morgan fingerprint density at radius 2 is 2.33 bits per heavy atom. The van der Waals surface area contributed by atoms with Crippen LogP contribution in [0.2, 0.25) is 0 Å². The second-order valence-electron chi connectivity index (χ2n) is 4.41. The summed E-state index contributed by atoms with van der Waals surface area (Å²) in [5.41, 5.74) is 0. The van der Waals surface area contributed by atoms with Gasteiger partial charge in [-0.05, 0) is 52.7 Å². The van der Waals surface area contributed by atoms with Crippen molar-refractivity contribution in [1.29, 1.82) is 0 Å². The number of carbonyl (C=O) groups excluding carboxylic acids is 1. The lowest BCUT2D eigenvalue weighted by Gasteiger charge is -2.23. The summed E-state index contributed by atoms with van der Waals surface area (Å²) in [7, 11) is 3.90. The quantitative estimate of drug-likeness (QED) is 0.674. The summed E-state index contributed by atoms with van der Waals surface area (Å²) in [6, 6.07) is 3.54. The van der Waals surface area contributed by atoms with E-state index < -0.39 is 0 Å². The fraction of sp³-hybridized carbons (Fsp3) is 0.615. The molecule has 1 heterocycles. The molecule has 1 amide bonds. The molecule has 1 atom stereocenters. The van der Waals surface area contributed by atoms with E-state index in [9.17, 15) is 4.79 Å². The van der Waals surface area contributed by atoms with E-state index >= 15 is 0 Å². The first-order valence-corrected chi connectivity index (χ1v) is 6.30. The second-order valence-corrected chi connectivity index (χ2v) is 4.41. The molecule has 1 rings (SSSR count). The highest BCUT2D eigenvalue weighted by Crippen LogP contribution is 2.01. The fourth-order valence-electron chi connectivity index (χ4n) is 1.63. The molecule has 0 aliphatic heterocycles. The molecule has 0 radical (unpaired) electrons. The molecule has 5 heteroatoms. The van der Waals surface area contributed by atoms with Crippen LogP contribution in [-0.2, 0) is 11.3 Å². The molecule has 0 aliphatic rings. The molecule has 2 N–H and O–H groups in total. The lowest BCUT2D eigenvalue weighted by molar-refractivity contribution is -0.125. The van der Waals surface area contributed by atoms with E-state index in [1.165, 1.54) is 0 Å². The molecule has 0 saturated heterocycles. The zero-order chi connectivity index (χ0) is 13.4. The number of amides is 1. The first-order chi connectivity index (χ1) is 8.65. The third kappa shape index (κ3) is 4.89. The molecular weight excluding hydrogens is 230 g/mol. The van der Waals surface area contributed by atoms with Crippen molar-refractivity contribution in [3.63, 3.8) is 0 Å². The molecule has 102 valence electrons. The van der Waals surface area contributed by atoms with Gasteiger partial charge in [-0.15, -0.1) is 0 Å². The largest absolute Gasteiger partial charge is 0.467 e.